The van der Waals surface area contributed by atoms with Crippen molar-refractivity contribution in [1.82, 2.24) is 0 Å². The Kier molecular flexibility index (Phi) is 12.9. The van der Waals surface area contributed by atoms with E-state index >= 15 is 0 Å². The van der Waals surface area contributed by atoms with Crippen molar-refractivity contribution in [2.24, 2.45) is 11.8 Å². The Morgan fingerprint density at radius 2 is 1.50 bits per heavy atom. The number of nitrogens with zero attached hydrogens (tertiary/aromatic N) is 1. The maximum absolute atomic E-state index is 12.9. The molecule has 3 rings (SSSR count). The number of nitriles is 1. The molecule has 0 heterocycles. The molecule has 0 spiro atoms. The van der Waals surface area contributed by atoms with Crippen LogP contribution in [0.15, 0.2) is 42.5 Å². The van der Waals surface area contributed by atoms with E-state index in [1.54, 1.807) is 6.07 Å². The van der Waals surface area contributed by atoms with Crippen LogP contribution in [0.3, 0.4) is 0 Å². The molecule has 0 radical (unpaired) electrons. The minimum atomic E-state index is -0.185. The van der Waals surface area contributed by atoms with Crippen molar-refractivity contribution in [3.63, 3.8) is 0 Å². The molecule has 38 heavy (non-hydrogen) atoms. The first kappa shape index (κ1) is 29.9. The van der Waals surface area contributed by atoms with E-state index in [1.807, 2.05) is 12.1 Å². The normalized spacial score (nSPS) is 17.3. The van der Waals surface area contributed by atoms with Gasteiger partial charge in [-0.1, -0.05) is 96.0 Å². The van der Waals surface area contributed by atoms with Crippen LogP contribution in [0.4, 0.5) is 0 Å². The van der Waals surface area contributed by atoms with Crippen LogP contribution in [0.5, 0.6) is 5.75 Å². The molecule has 1 saturated carbocycles. The summed E-state index contributed by atoms with van der Waals surface area (Å²) in [7, 11) is 0. The largest absolute Gasteiger partial charge is 0.425 e. The number of rotatable bonds is 15. The molecule has 3 heteroatoms. The van der Waals surface area contributed by atoms with Crippen LogP contribution in [0.2, 0.25) is 0 Å². The minimum absolute atomic E-state index is 0.0837. The average Bonchev–Trinajstić information content (AvgIpc) is 2.94. The first-order valence-corrected chi connectivity index (χ1v) is 15.3. The zero-order valence-electron chi connectivity index (χ0n) is 24.1. The summed E-state index contributed by atoms with van der Waals surface area (Å²) >= 11 is 0. The van der Waals surface area contributed by atoms with Crippen molar-refractivity contribution in [2.75, 3.05) is 0 Å². The SMILES string of the molecule is CCCCCCCCCCc1ccc(C2CCC(C(=O)Oc3ccc(CCC(C)C)cc3C#N)CC2)cc1. The molecular weight excluding hydrogens is 466 g/mol. The first-order valence-electron chi connectivity index (χ1n) is 15.3. The maximum atomic E-state index is 12.9. The lowest BCUT2D eigenvalue weighted by Gasteiger charge is -2.27. The van der Waals surface area contributed by atoms with E-state index in [9.17, 15) is 10.1 Å². The van der Waals surface area contributed by atoms with E-state index in [-0.39, 0.29) is 11.9 Å². The predicted molar refractivity (Wildman–Crippen MR) is 157 cm³/mol. The Morgan fingerprint density at radius 1 is 0.868 bits per heavy atom. The summed E-state index contributed by atoms with van der Waals surface area (Å²) in [5.41, 5.74) is 4.43. The average molecular weight is 516 g/mol. The third-order valence-electron chi connectivity index (χ3n) is 8.22. The third kappa shape index (κ3) is 9.94. The molecule has 1 fully saturated rings. The topological polar surface area (TPSA) is 50.1 Å². The summed E-state index contributed by atoms with van der Waals surface area (Å²) < 4.78 is 5.73. The van der Waals surface area contributed by atoms with E-state index in [0.29, 0.717) is 23.1 Å². The van der Waals surface area contributed by atoms with Crippen LogP contribution in [0.1, 0.15) is 132 Å². The molecule has 0 amide bonds. The number of unbranched alkanes of at least 4 members (excludes halogenated alkanes) is 7. The van der Waals surface area contributed by atoms with Gasteiger partial charge in [0.2, 0.25) is 0 Å². The number of benzene rings is 2. The van der Waals surface area contributed by atoms with Crippen molar-refractivity contribution in [1.29, 1.82) is 5.26 Å². The summed E-state index contributed by atoms with van der Waals surface area (Å²) in [5, 5.41) is 9.59. The summed E-state index contributed by atoms with van der Waals surface area (Å²) in [6.07, 6.45) is 17.8. The lowest BCUT2D eigenvalue weighted by molar-refractivity contribution is -0.140. The van der Waals surface area contributed by atoms with E-state index in [2.05, 4.69) is 51.1 Å². The van der Waals surface area contributed by atoms with Gasteiger partial charge in [0.15, 0.2) is 0 Å². The smallest absolute Gasteiger partial charge is 0.314 e. The van der Waals surface area contributed by atoms with Crippen LogP contribution >= 0.6 is 0 Å². The number of ether oxygens (including phenoxy) is 1. The molecule has 2 aromatic rings. The van der Waals surface area contributed by atoms with Gasteiger partial charge in [-0.15, -0.1) is 0 Å². The fourth-order valence-electron chi connectivity index (χ4n) is 5.64. The number of esters is 1. The van der Waals surface area contributed by atoms with Crippen molar-refractivity contribution >= 4 is 5.97 Å². The van der Waals surface area contributed by atoms with Gasteiger partial charge in [-0.25, -0.2) is 0 Å². The van der Waals surface area contributed by atoms with Crippen molar-refractivity contribution in [2.45, 2.75) is 123 Å². The summed E-state index contributed by atoms with van der Waals surface area (Å²) in [6.45, 7) is 6.67. The molecule has 0 saturated heterocycles. The van der Waals surface area contributed by atoms with Crippen molar-refractivity contribution in [3.8, 4) is 11.8 Å². The Hall–Kier alpha value is -2.60. The lowest BCUT2D eigenvalue weighted by Crippen LogP contribution is -2.25. The third-order valence-corrected chi connectivity index (χ3v) is 8.22. The Bertz CT molecular complexity index is 1010. The molecule has 3 nitrogen and oxygen atoms in total. The zero-order chi connectivity index (χ0) is 27.2. The Morgan fingerprint density at radius 3 is 2.13 bits per heavy atom. The highest BCUT2D eigenvalue weighted by Gasteiger charge is 2.29. The Labute approximate surface area is 232 Å². The van der Waals surface area contributed by atoms with Gasteiger partial charge in [0.05, 0.1) is 11.5 Å². The van der Waals surface area contributed by atoms with Gasteiger partial charge in [0.1, 0.15) is 11.8 Å². The van der Waals surface area contributed by atoms with E-state index in [1.165, 1.54) is 68.9 Å². The predicted octanol–water partition coefficient (Wildman–Crippen LogP) is 9.71. The highest BCUT2D eigenvalue weighted by molar-refractivity contribution is 5.76. The van der Waals surface area contributed by atoms with Gasteiger partial charge in [0.25, 0.3) is 0 Å². The molecule has 1 aliphatic carbocycles. The number of hydrogen-bond acceptors (Lipinski definition) is 3. The lowest BCUT2D eigenvalue weighted by atomic mass is 9.78. The maximum Gasteiger partial charge on any atom is 0.314 e. The molecule has 0 unspecified atom stereocenters. The summed E-state index contributed by atoms with van der Waals surface area (Å²) in [6, 6.07) is 17.1. The Balaban J connectivity index is 1.40. The summed E-state index contributed by atoms with van der Waals surface area (Å²) in [5.74, 6) is 1.27. The zero-order valence-corrected chi connectivity index (χ0v) is 24.1. The molecule has 1 aliphatic rings. The second-order valence-corrected chi connectivity index (χ2v) is 11.8. The highest BCUT2D eigenvalue weighted by atomic mass is 16.5. The van der Waals surface area contributed by atoms with Gasteiger partial charge < -0.3 is 4.74 Å². The van der Waals surface area contributed by atoms with Crippen molar-refractivity contribution < 1.29 is 9.53 Å². The number of carbonyl (C=O) groups is 1. The monoisotopic (exact) mass is 515 g/mol. The molecular formula is C35H49NO2. The number of hydrogen-bond donors (Lipinski definition) is 0. The van der Waals surface area contributed by atoms with Crippen LogP contribution in [-0.2, 0) is 17.6 Å². The van der Waals surface area contributed by atoms with Gasteiger partial charge in [-0.05, 0) is 92.0 Å². The fourth-order valence-corrected chi connectivity index (χ4v) is 5.64. The van der Waals surface area contributed by atoms with Gasteiger partial charge >= 0.3 is 5.97 Å². The number of aryl methyl sites for hydroxylation is 2. The standard InChI is InChI=1S/C35H49NO2/c1-4-5-6-7-8-9-10-11-12-28-15-18-30(19-16-28)31-20-22-32(23-21-31)35(37)38-34-24-17-29(14-13-27(2)3)25-33(34)26-36/h15-19,24-25,27,31-32H,4-14,20-23H2,1-3H3. The van der Waals surface area contributed by atoms with Gasteiger partial charge in [-0.2, -0.15) is 5.26 Å². The molecule has 2 aromatic carbocycles. The molecule has 0 bridgehead atoms. The van der Waals surface area contributed by atoms with Gasteiger partial charge in [-0.3, -0.25) is 4.79 Å². The molecule has 0 aromatic heterocycles. The highest BCUT2D eigenvalue weighted by Crippen LogP contribution is 2.37. The molecule has 0 atom stereocenters. The van der Waals surface area contributed by atoms with Crippen molar-refractivity contribution in [3.05, 3.63) is 64.7 Å². The second kappa shape index (κ2) is 16.4. The van der Waals surface area contributed by atoms with Crippen LogP contribution in [0, 0.1) is 23.2 Å². The van der Waals surface area contributed by atoms with Crippen LogP contribution in [-0.4, -0.2) is 5.97 Å². The molecule has 0 aliphatic heterocycles. The number of carbonyl (C=O) groups excluding carboxylic acids is 1. The van der Waals surface area contributed by atoms with Crippen LogP contribution in [0.25, 0.3) is 0 Å². The van der Waals surface area contributed by atoms with E-state index in [4.69, 9.17) is 4.74 Å². The fraction of sp³-hybridized carbons (Fsp3) is 0.600. The van der Waals surface area contributed by atoms with Crippen LogP contribution < -0.4 is 4.74 Å². The van der Waals surface area contributed by atoms with E-state index in [0.717, 1.165) is 44.1 Å². The minimum Gasteiger partial charge on any atom is -0.425 e. The quantitative estimate of drug-likeness (QED) is 0.135. The first-order chi connectivity index (χ1) is 18.5. The molecule has 206 valence electrons. The van der Waals surface area contributed by atoms with Gasteiger partial charge in [0, 0.05) is 0 Å². The molecule has 0 N–H and O–H groups in total. The van der Waals surface area contributed by atoms with E-state index < -0.39 is 0 Å². The second-order valence-electron chi connectivity index (χ2n) is 11.8. The summed E-state index contributed by atoms with van der Waals surface area (Å²) in [4.78, 5) is 12.9.